The highest BCUT2D eigenvalue weighted by molar-refractivity contribution is 6.00. The molecule has 1 heterocycles. The van der Waals surface area contributed by atoms with Gasteiger partial charge in [0.1, 0.15) is 30.2 Å². The first-order valence-electron chi connectivity index (χ1n) is 8.76. The van der Waals surface area contributed by atoms with Gasteiger partial charge in [-0.3, -0.25) is 4.79 Å². The summed E-state index contributed by atoms with van der Waals surface area (Å²) in [6.45, 7) is 0. The van der Waals surface area contributed by atoms with E-state index in [4.69, 9.17) is 14.6 Å². The zero-order valence-electron chi connectivity index (χ0n) is 15.0. The van der Waals surface area contributed by atoms with Crippen molar-refractivity contribution in [3.63, 3.8) is 0 Å². The van der Waals surface area contributed by atoms with Gasteiger partial charge in [0.15, 0.2) is 11.9 Å². The molecule has 3 rings (SSSR count). The van der Waals surface area contributed by atoms with Crippen LogP contribution in [0.2, 0.25) is 0 Å². The largest absolute Gasteiger partial charge is 0.479 e. The van der Waals surface area contributed by atoms with Crippen molar-refractivity contribution in [1.82, 2.24) is 0 Å². The lowest BCUT2D eigenvalue weighted by Gasteiger charge is -2.38. The highest BCUT2D eigenvalue weighted by Crippen LogP contribution is 2.31. The Hall–Kier alpha value is -2.82. The molecule has 1 fully saturated rings. The number of ketones is 1. The number of aliphatic hydroxyl groups excluding tert-OH is 4. The lowest BCUT2D eigenvalue weighted by atomic mass is 9.98. The molecule has 1 saturated heterocycles. The molecule has 0 aliphatic carbocycles. The molecule has 154 valence electrons. The van der Waals surface area contributed by atoms with Crippen LogP contribution in [-0.4, -0.2) is 68.0 Å². The number of Topliss-reactive ketones (excluding diaryl/α,β-unsaturated/α-hetero) is 1. The zero-order valence-corrected chi connectivity index (χ0v) is 15.0. The van der Waals surface area contributed by atoms with E-state index in [0.29, 0.717) is 0 Å². The number of aliphatic carboxylic acids is 1. The lowest BCUT2D eigenvalue weighted by Crippen LogP contribution is -2.61. The Balaban J connectivity index is 1.85. The van der Waals surface area contributed by atoms with Crippen LogP contribution in [0.1, 0.15) is 22.0 Å². The summed E-state index contributed by atoms with van der Waals surface area (Å²) in [4.78, 5) is 23.8. The molecule has 5 N–H and O–H groups in total. The minimum absolute atomic E-state index is 0.0546. The van der Waals surface area contributed by atoms with E-state index < -0.39 is 48.6 Å². The van der Waals surface area contributed by atoms with Gasteiger partial charge in [0.2, 0.25) is 6.29 Å². The highest BCUT2D eigenvalue weighted by atomic mass is 16.7. The maximum atomic E-state index is 12.6. The van der Waals surface area contributed by atoms with Crippen molar-refractivity contribution in [2.24, 2.45) is 0 Å². The van der Waals surface area contributed by atoms with Crippen LogP contribution in [0.5, 0.6) is 5.75 Å². The molecule has 2 aromatic rings. The summed E-state index contributed by atoms with van der Waals surface area (Å²) >= 11 is 0. The number of hydrogen-bond donors (Lipinski definition) is 5. The smallest absolute Gasteiger partial charge is 0.335 e. The van der Waals surface area contributed by atoms with Crippen molar-refractivity contribution in [3.05, 3.63) is 65.7 Å². The summed E-state index contributed by atoms with van der Waals surface area (Å²) in [7, 11) is 0. The first-order valence-corrected chi connectivity index (χ1v) is 8.76. The van der Waals surface area contributed by atoms with Crippen LogP contribution in [-0.2, 0) is 9.53 Å². The third-order valence-electron chi connectivity index (χ3n) is 4.58. The second kappa shape index (κ2) is 8.68. The monoisotopic (exact) mass is 404 g/mol. The zero-order chi connectivity index (χ0) is 21.1. The first-order chi connectivity index (χ1) is 13.8. The molecule has 9 heteroatoms. The number of benzene rings is 2. The maximum absolute atomic E-state index is 12.6. The van der Waals surface area contributed by atoms with Crippen molar-refractivity contribution in [2.45, 2.75) is 36.8 Å². The van der Waals surface area contributed by atoms with Gasteiger partial charge < -0.3 is 35.0 Å². The van der Waals surface area contributed by atoms with Gasteiger partial charge in [0, 0.05) is 11.1 Å². The summed E-state index contributed by atoms with van der Waals surface area (Å²) in [5.41, 5.74) is 0.331. The summed E-state index contributed by atoms with van der Waals surface area (Å²) < 4.78 is 10.6. The minimum atomic E-state index is -1.86. The molecular formula is C20H20O9. The molecule has 2 aromatic carbocycles. The molecule has 9 nitrogen and oxygen atoms in total. The third kappa shape index (κ3) is 4.29. The number of rotatable bonds is 6. The van der Waals surface area contributed by atoms with E-state index in [2.05, 4.69) is 0 Å². The summed E-state index contributed by atoms with van der Waals surface area (Å²) in [6, 6.07) is 14.0. The molecule has 6 atom stereocenters. The SMILES string of the molecule is O=C(c1ccccc1)C(O)c1ccccc1OC1OC(C(=O)O)C(O)C(O)C1O. The molecule has 0 spiro atoms. The van der Waals surface area contributed by atoms with Gasteiger partial charge in [-0.1, -0.05) is 48.5 Å². The molecule has 0 saturated carbocycles. The number of ether oxygens (including phenoxy) is 2. The van der Waals surface area contributed by atoms with E-state index in [1.807, 2.05) is 0 Å². The Morgan fingerprint density at radius 1 is 0.897 bits per heavy atom. The number of carbonyl (C=O) groups excluding carboxylic acids is 1. The summed E-state index contributed by atoms with van der Waals surface area (Å²) in [5.74, 6) is -2.20. The fourth-order valence-corrected chi connectivity index (χ4v) is 2.99. The third-order valence-corrected chi connectivity index (χ3v) is 4.58. The Labute approximate surface area is 165 Å². The number of para-hydroxylation sites is 1. The van der Waals surface area contributed by atoms with Gasteiger partial charge >= 0.3 is 5.97 Å². The molecule has 0 amide bonds. The van der Waals surface area contributed by atoms with Gasteiger partial charge in [-0.2, -0.15) is 0 Å². The molecule has 0 bridgehead atoms. The topological polar surface area (TPSA) is 154 Å². The van der Waals surface area contributed by atoms with E-state index in [9.17, 15) is 30.0 Å². The fraction of sp³-hybridized carbons (Fsp3) is 0.300. The Morgan fingerprint density at radius 3 is 2.17 bits per heavy atom. The minimum Gasteiger partial charge on any atom is -0.479 e. The predicted molar refractivity (Wildman–Crippen MR) is 97.1 cm³/mol. The predicted octanol–water partition coefficient (Wildman–Crippen LogP) is -0.126. The fourth-order valence-electron chi connectivity index (χ4n) is 2.99. The second-order valence-corrected chi connectivity index (χ2v) is 6.52. The van der Waals surface area contributed by atoms with E-state index in [0.717, 1.165) is 0 Å². The molecular weight excluding hydrogens is 384 g/mol. The molecule has 29 heavy (non-hydrogen) atoms. The van der Waals surface area contributed by atoms with Crippen LogP contribution < -0.4 is 4.74 Å². The Kier molecular flexibility index (Phi) is 6.26. The maximum Gasteiger partial charge on any atom is 0.335 e. The molecule has 1 aliphatic heterocycles. The van der Waals surface area contributed by atoms with E-state index in [1.165, 1.54) is 30.3 Å². The van der Waals surface area contributed by atoms with Gasteiger partial charge in [-0.25, -0.2) is 4.79 Å². The number of hydrogen-bond acceptors (Lipinski definition) is 8. The quantitative estimate of drug-likeness (QED) is 0.414. The number of carbonyl (C=O) groups is 2. The first kappa shape index (κ1) is 20.9. The Bertz CT molecular complexity index is 869. The normalized spacial score (nSPS) is 27.8. The highest BCUT2D eigenvalue weighted by Gasteiger charge is 2.48. The number of carboxylic acid groups (broad SMARTS) is 1. The summed E-state index contributed by atoms with van der Waals surface area (Å²) in [5, 5.41) is 49.4. The van der Waals surface area contributed by atoms with Crippen LogP contribution in [0.3, 0.4) is 0 Å². The number of aliphatic hydroxyl groups is 4. The number of carboxylic acids is 1. The van der Waals surface area contributed by atoms with Crippen LogP contribution in [0.4, 0.5) is 0 Å². The molecule has 6 unspecified atom stereocenters. The standard InChI is InChI=1S/C20H20O9/c21-13(10-6-2-1-3-7-10)14(22)11-8-4-5-9-12(11)28-20-17(25)15(23)16(24)18(29-20)19(26)27/h1-9,14-18,20,22-25H,(H,26,27). The van der Waals surface area contributed by atoms with Crippen LogP contribution >= 0.6 is 0 Å². The molecule has 0 aromatic heterocycles. The van der Waals surface area contributed by atoms with Gasteiger partial charge in [0.25, 0.3) is 0 Å². The molecule has 0 radical (unpaired) electrons. The van der Waals surface area contributed by atoms with Crippen molar-refractivity contribution in [3.8, 4) is 5.75 Å². The van der Waals surface area contributed by atoms with Crippen LogP contribution in [0, 0.1) is 0 Å². The summed E-state index contributed by atoms with van der Waals surface area (Å²) in [6.07, 6.45) is -10.5. The van der Waals surface area contributed by atoms with Crippen molar-refractivity contribution in [1.29, 1.82) is 0 Å². The van der Waals surface area contributed by atoms with Crippen molar-refractivity contribution < 1.29 is 44.6 Å². The molecule has 1 aliphatic rings. The average Bonchev–Trinajstić information content (AvgIpc) is 2.73. The van der Waals surface area contributed by atoms with Crippen molar-refractivity contribution >= 4 is 11.8 Å². The van der Waals surface area contributed by atoms with Crippen molar-refractivity contribution in [2.75, 3.05) is 0 Å². The van der Waals surface area contributed by atoms with Gasteiger partial charge in [-0.15, -0.1) is 0 Å². The van der Waals surface area contributed by atoms with Crippen LogP contribution in [0.25, 0.3) is 0 Å². The Morgan fingerprint density at radius 2 is 1.52 bits per heavy atom. The van der Waals surface area contributed by atoms with E-state index in [-0.39, 0.29) is 16.9 Å². The van der Waals surface area contributed by atoms with E-state index >= 15 is 0 Å². The lowest BCUT2D eigenvalue weighted by molar-refractivity contribution is -0.271. The van der Waals surface area contributed by atoms with Gasteiger partial charge in [-0.05, 0) is 6.07 Å². The van der Waals surface area contributed by atoms with Crippen LogP contribution in [0.15, 0.2) is 54.6 Å². The second-order valence-electron chi connectivity index (χ2n) is 6.52. The van der Waals surface area contributed by atoms with Gasteiger partial charge in [0.05, 0.1) is 0 Å². The van der Waals surface area contributed by atoms with E-state index in [1.54, 1.807) is 24.3 Å². The average molecular weight is 404 g/mol.